The Morgan fingerprint density at radius 1 is 1.11 bits per heavy atom. The average Bonchev–Trinajstić information content (AvgIpc) is 3.29. The van der Waals surface area contributed by atoms with E-state index in [4.69, 9.17) is 0 Å². The molecule has 0 bridgehead atoms. The van der Waals surface area contributed by atoms with E-state index in [9.17, 15) is 18.4 Å². The van der Waals surface area contributed by atoms with E-state index in [1.54, 1.807) is 30.3 Å². The minimum atomic E-state index is -0.589. The number of amides is 2. The molecule has 28 heavy (non-hydrogen) atoms. The lowest BCUT2D eigenvalue weighted by Gasteiger charge is -2.16. The first kappa shape index (κ1) is 17.8. The summed E-state index contributed by atoms with van der Waals surface area (Å²) < 4.78 is 28.6. The van der Waals surface area contributed by atoms with E-state index < -0.39 is 17.6 Å². The van der Waals surface area contributed by atoms with Gasteiger partial charge in [-0.25, -0.2) is 13.5 Å². The van der Waals surface area contributed by atoms with Crippen LogP contribution in [0, 0.1) is 17.6 Å². The summed E-state index contributed by atoms with van der Waals surface area (Å²) in [7, 11) is 0. The first-order valence-corrected chi connectivity index (χ1v) is 8.68. The van der Waals surface area contributed by atoms with Crippen LogP contribution in [0.2, 0.25) is 0 Å². The molecule has 3 aromatic rings. The summed E-state index contributed by atoms with van der Waals surface area (Å²) in [6, 6.07) is 13.4. The number of hydrogen-bond acceptors (Lipinski definition) is 3. The molecule has 1 aliphatic rings. The zero-order chi connectivity index (χ0) is 19.7. The number of benzene rings is 2. The van der Waals surface area contributed by atoms with Crippen LogP contribution in [0.3, 0.4) is 0 Å². The van der Waals surface area contributed by atoms with Crippen molar-refractivity contribution >= 4 is 23.3 Å². The van der Waals surface area contributed by atoms with Crippen molar-refractivity contribution in [1.29, 1.82) is 0 Å². The van der Waals surface area contributed by atoms with Gasteiger partial charge in [-0.3, -0.25) is 9.59 Å². The highest BCUT2D eigenvalue weighted by Crippen LogP contribution is 2.26. The summed E-state index contributed by atoms with van der Waals surface area (Å²) in [5.74, 6) is -1.83. The van der Waals surface area contributed by atoms with Crippen LogP contribution in [-0.4, -0.2) is 28.1 Å². The number of aromatic nitrogens is 2. The van der Waals surface area contributed by atoms with E-state index >= 15 is 0 Å². The third-order valence-corrected chi connectivity index (χ3v) is 4.56. The summed E-state index contributed by atoms with van der Waals surface area (Å²) in [4.78, 5) is 26.2. The van der Waals surface area contributed by atoms with Crippen LogP contribution >= 0.6 is 0 Å². The number of rotatable bonds is 4. The second kappa shape index (κ2) is 7.22. The highest BCUT2D eigenvalue weighted by atomic mass is 19.1. The minimum Gasteiger partial charge on any atom is -0.311 e. The number of nitrogens with one attached hydrogen (secondary N) is 1. The Morgan fingerprint density at radius 3 is 2.71 bits per heavy atom. The fourth-order valence-electron chi connectivity index (χ4n) is 3.17. The van der Waals surface area contributed by atoms with Crippen molar-refractivity contribution in [1.82, 2.24) is 9.78 Å². The Bertz CT molecular complexity index is 1050. The van der Waals surface area contributed by atoms with Gasteiger partial charge in [-0.15, -0.1) is 5.10 Å². The molecule has 6 nitrogen and oxygen atoms in total. The molecule has 1 unspecified atom stereocenters. The molecule has 2 amide bonds. The van der Waals surface area contributed by atoms with Crippen LogP contribution in [0.25, 0.3) is 5.69 Å². The van der Waals surface area contributed by atoms with Crippen LogP contribution < -0.4 is 10.2 Å². The van der Waals surface area contributed by atoms with Crippen LogP contribution in [0.1, 0.15) is 6.42 Å². The maximum atomic E-state index is 13.9. The van der Waals surface area contributed by atoms with E-state index in [0.717, 1.165) is 0 Å². The van der Waals surface area contributed by atoms with Crippen molar-refractivity contribution in [3.05, 3.63) is 72.4 Å². The van der Waals surface area contributed by atoms with Gasteiger partial charge in [0.05, 0.1) is 5.92 Å². The van der Waals surface area contributed by atoms with Crippen LogP contribution in [0.4, 0.5) is 20.3 Å². The predicted molar refractivity (Wildman–Crippen MR) is 99.0 cm³/mol. The number of nitrogens with zero attached hydrogens (tertiary/aromatic N) is 3. The Morgan fingerprint density at radius 2 is 1.93 bits per heavy atom. The van der Waals surface area contributed by atoms with Crippen molar-refractivity contribution < 1.29 is 18.4 Å². The fourth-order valence-corrected chi connectivity index (χ4v) is 3.17. The Labute approximate surface area is 159 Å². The first-order chi connectivity index (χ1) is 13.5. The van der Waals surface area contributed by atoms with Gasteiger partial charge < -0.3 is 10.2 Å². The van der Waals surface area contributed by atoms with E-state index in [-0.39, 0.29) is 36.3 Å². The number of carbonyl (C=O) groups excluding carboxylic acids is 2. The van der Waals surface area contributed by atoms with Crippen LogP contribution in [0.5, 0.6) is 0 Å². The molecule has 8 heteroatoms. The molecule has 0 aliphatic carbocycles. The Balaban J connectivity index is 1.45. The van der Waals surface area contributed by atoms with Crippen LogP contribution in [-0.2, 0) is 9.59 Å². The maximum Gasteiger partial charge on any atom is 0.231 e. The number of hydrogen-bond donors (Lipinski definition) is 1. The molecule has 1 atom stereocenters. The van der Waals surface area contributed by atoms with E-state index in [0.29, 0.717) is 5.69 Å². The highest BCUT2D eigenvalue weighted by molar-refractivity contribution is 6.03. The molecule has 0 radical (unpaired) electrons. The topological polar surface area (TPSA) is 67.2 Å². The zero-order valence-electron chi connectivity index (χ0n) is 14.7. The largest absolute Gasteiger partial charge is 0.311 e. The molecular weight excluding hydrogens is 366 g/mol. The lowest BCUT2D eigenvalue weighted by molar-refractivity contribution is -0.122. The quantitative estimate of drug-likeness (QED) is 0.754. The Hall–Kier alpha value is -3.55. The first-order valence-electron chi connectivity index (χ1n) is 8.68. The average molecular weight is 382 g/mol. The van der Waals surface area contributed by atoms with Gasteiger partial charge in [-0.1, -0.05) is 18.2 Å². The maximum absolute atomic E-state index is 13.9. The molecule has 1 saturated heterocycles. The third kappa shape index (κ3) is 3.48. The van der Waals surface area contributed by atoms with Crippen molar-refractivity contribution in [2.24, 2.45) is 5.92 Å². The lowest BCUT2D eigenvalue weighted by atomic mass is 10.1. The molecule has 1 N–H and O–H groups in total. The number of para-hydroxylation sites is 1. The molecule has 1 aliphatic heterocycles. The summed E-state index contributed by atoms with van der Waals surface area (Å²) in [6.07, 6.45) is 1.56. The van der Waals surface area contributed by atoms with E-state index in [1.807, 2.05) is 0 Å². The molecule has 4 rings (SSSR count). The second-order valence-electron chi connectivity index (χ2n) is 6.47. The van der Waals surface area contributed by atoms with E-state index in [1.165, 1.54) is 40.0 Å². The normalized spacial score (nSPS) is 16.4. The molecule has 1 fully saturated rings. The molecular formula is C20H16F2N4O2. The van der Waals surface area contributed by atoms with Crippen LogP contribution in [0.15, 0.2) is 60.8 Å². The lowest BCUT2D eigenvalue weighted by Crippen LogP contribution is -2.28. The molecule has 1 aromatic heterocycles. The predicted octanol–water partition coefficient (Wildman–Crippen LogP) is 3.14. The van der Waals surface area contributed by atoms with Crippen molar-refractivity contribution in [3.8, 4) is 5.69 Å². The monoisotopic (exact) mass is 382 g/mol. The van der Waals surface area contributed by atoms with Crippen molar-refractivity contribution in [2.75, 3.05) is 16.8 Å². The third-order valence-electron chi connectivity index (χ3n) is 4.56. The van der Waals surface area contributed by atoms with Gasteiger partial charge in [-0.2, -0.15) is 0 Å². The molecule has 2 heterocycles. The summed E-state index contributed by atoms with van der Waals surface area (Å²) >= 11 is 0. The smallest absolute Gasteiger partial charge is 0.231 e. The summed E-state index contributed by atoms with van der Waals surface area (Å²) in [6.45, 7) is 0.155. The minimum absolute atomic E-state index is 0.0242. The van der Waals surface area contributed by atoms with Gasteiger partial charge in [0.15, 0.2) is 5.82 Å². The Kier molecular flexibility index (Phi) is 4.60. The zero-order valence-corrected chi connectivity index (χ0v) is 14.7. The van der Waals surface area contributed by atoms with Gasteiger partial charge in [0.1, 0.15) is 17.3 Å². The van der Waals surface area contributed by atoms with Gasteiger partial charge in [0.25, 0.3) is 0 Å². The fraction of sp³-hybridized carbons (Fsp3) is 0.150. The second-order valence-corrected chi connectivity index (χ2v) is 6.47. The van der Waals surface area contributed by atoms with E-state index in [2.05, 4.69) is 10.4 Å². The summed E-state index contributed by atoms with van der Waals surface area (Å²) in [5.41, 5.74) is 0.681. The SMILES string of the molecule is O=C(Nc1ccn(-c2ccccc2F)n1)C1CC(=O)N(c2cccc(F)c2)C1. The number of anilines is 2. The highest BCUT2D eigenvalue weighted by Gasteiger charge is 2.35. The van der Waals surface area contributed by atoms with Gasteiger partial charge in [-0.05, 0) is 30.3 Å². The molecule has 142 valence electrons. The standard InChI is InChI=1S/C20H16F2N4O2/c21-14-4-3-5-15(11-14)25-12-13(10-19(25)27)20(28)23-18-8-9-26(24-18)17-7-2-1-6-16(17)22/h1-9,11,13H,10,12H2,(H,23,24,28). The number of halogens is 2. The number of carbonyl (C=O) groups is 2. The van der Waals surface area contributed by atoms with Gasteiger partial charge in [0.2, 0.25) is 11.8 Å². The molecule has 0 saturated carbocycles. The van der Waals surface area contributed by atoms with Crippen molar-refractivity contribution in [3.63, 3.8) is 0 Å². The van der Waals surface area contributed by atoms with Gasteiger partial charge in [0, 0.05) is 30.9 Å². The molecule has 2 aromatic carbocycles. The van der Waals surface area contributed by atoms with Crippen molar-refractivity contribution in [2.45, 2.75) is 6.42 Å². The van der Waals surface area contributed by atoms with Gasteiger partial charge >= 0.3 is 0 Å². The molecule has 0 spiro atoms. The summed E-state index contributed by atoms with van der Waals surface area (Å²) in [5, 5.41) is 6.81.